The minimum atomic E-state index is 0. The summed E-state index contributed by atoms with van der Waals surface area (Å²) in [6.07, 6.45) is 2.65. The summed E-state index contributed by atoms with van der Waals surface area (Å²) in [5.74, 6) is 1.70. The standard InChI is InChI=1S/C15H29N3O.2ClH/c1-11-5-4-6-18(9-11)10-12(2)17-15(19)13(3)14-7-16-8-14;;/h11-14,16H,4-10H2,1-3H3,(H,17,19);2*1H. The van der Waals surface area contributed by atoms with Gasteiger partial charge in [0.1, 0.15) is 0 Å². The van der Waals surface area contributed by atoms with E-state index in [1.165, 1.54) is 25.9 Å². The first-order valence-corrected chi connectivity index (χ1v) is 7.79. The maximum Gasteiger partial charge on any atom is 0.223 e. The molecular formula is C15H31Cl2N3O. The van der Waals surface area contributed by atoms with Crippen molar-refractivity contribution in [3.8, 4) is 0 Å². The first-order valence-electron chi connectivity index (χ1n) is 7.79. The molecule has 2 N–H and O–H groups in total. The molecule has 21 heavy (non-hydrogen) atoms. The van der Waals surface area contributed by atoms with Gasteiger partial charge in [0.05, 0.1) is 0 Å². The van der Waals surface area contributed by atoms with Crippen molar-refractivity contribution in [2.75, 3.05) is 32.7 Å². The Morgan fingerprint density at radius 1 is 1.33 bits per heavy atom. The number of nitrogens with one attached hydrogen (secondary N) is 2. The molecule has 3 atom stereocenters. The van der Waals surface area contributed by atoms with Crippen LogP contribution in [0.2, 0.25) is 0 Å². The predicted molar refractivity (Wildman–Crippen MR) is 92.5 cm³/mol. The Balaban J connectivity index is 0.00000200. The highest BCUT2D eigenvalue weighted by Gasteiger charge is 2.29. The molecule has 2 heterocycles. The van der Waals surface area contributed by atoms with Crippen molar-refractivity contribution in [3.05, 3.63) is 0 Å². The Kier molecular flexibility index (Phi) is 9.87. The molecule has 2 rings (SSSR count). The van der Waals surface area contributed by atoms with E-state index >= 15 is 0 Å². The van der Waals surface area contributed by atoms with Gasteiger partial charge in [-0.05, 0) is 51.2 Å². The number of hydrogen-bond donors (Lipinski definition) is 2. The van der Waals surface area contributed by atoms with Crippen LogP contribution in [-0.4, -0.2) is 49.6 Å². The second-order valence-electron chi connectivity index (χ2n) is 6.62. The van der Waals surface area contributed by atoms with Crippen LogP contribution in [-0.2, 0) is 4.79 Å². The highest BCUT2D eigenvalue weighted by molar-refractivity contribution is 5.85. The lowest BCUT2D eigenvalue weighted by Crippen LogP contribution is -2.52. The van der Waals surface area contributed by atoms with E-state index in [1.54, 1.807) is 0 Å². The molecule has 0 aromatic rings. The van der Waals surface area contributed by atoms with Gasteiger partial charge in [0, 0.05) is 25.0 Å². The smallest absolute Gasteiger partial charge is 0.223 e. The summed E-state index contributed by atoms with van der Waals surface area (Å²) in [6.45, 7) is 11.8. The van der Waals surface area contributed by atoms with Crippen molar-refractivity contribution >= 4 is 30.7 Å². The second kappa shape index (κ2) is 9.88. The summed E-state index contributed by atoms with van der Waals surface area (Å²) in [6, 6.07) is 0.258. The third-order valence-corrected chi connectivity index (χ3v) is 4.60. The molecule has 1 amide bonds. The average Bonchev–Trinajstić information content (AvgIpc) is 2.26. The van der Waals surface area contributed by atoms with Gasteiger partial charge >= 0.3 is 0 Å². The maximum absolute atomic E-state index is 12.1. The Bertz CT molecular complexity index is 313. The van der Waals surface area contributed by atoms with Crippen molar-refractivity contribution in [1.29, 1.82) is 0 Å². The van der Waals surface area contributed by atoms with Crippen LogP contribution in [0, 0.1) is 17.8 Å². The van der Waals surface area contributed by atoms with Crippen LogP contribution in [0.5, 0.6) is 0 Å². The van der Waals surface area contributed by atoms with Crippen LogP contribution < -0.4 is 10.6 Å². The SMILES string of the molecule is CC1CCCN(CC(C)NC(=O)C(C)C2CNC2)C1.Cl.Cl. The molecule has 0 aliphatic carbocycles. The Labute approximate surface area is 141 Å². The number of hydrogen-bond acceptors (Lipinski definition) is 3. The van der Waals surface area contributed by atoms with E-state index in [-0.39, 0.29) is 42.7 Å². The van der Waals surface area contributed by atoms with Gasteiger partial charge in [-0.1, -0.05) is 13.8 Å². The number of halogens is 2. The number of amides is 1. The fourth-order valence-electron chi connectivity index (χ4n) is 3.14. The Morgan fingerprint density at radius 2 is 2.00 bits per heavy atom. The van der Waals surface area contributed by atoms with Crippen molar-refractivity contribution in [3.63, 3.8) is 0 Å². The van der Waals surface area contributed by atoms with E-state index in [0.717, 1.165) is 25.6 Å². The highest BCUT2D eigenvalue weighted by Crippen LogP contribution is 2.17. The minimum absolute atomic E-state index is 0. The molecule has 126 valence electrons. The van der Waals surface area contributed by atoms with Crippen molar-refractivity contribution in [2.24, 2.45) is 17.8 Å². The molecule has 0 aromatic heterocycles. The van der Waals surface area contributed by atoms with Gasteiger partial charge in [0.25, 0.3) is 0 Å². The fraction of sp³-hybridized carbons (Fsp3) is 0.933. The molecule has 0 aromatic carbocycles. The van der Waals surface area contributed by atoms with Crippen LogP contribution in [0.3, 0.4) is 0 Å². The fourth-order valence-corrected chi connectivity index (χ4v) is 3.14. The molecule has 0 saturated carbocycles. The number of rotatable bonds is 5. The van der Waals surface area contributed by atoms with Crippen LogP contribution >= 0.6 is 24.8 Å². The van der Waals surface area contributed by atoms with E-state index < -0.39 is 0 Å². The molecule has 6 heteroatoms. The second-order valence-corrected chi connectivity index (χ2v) is 6.62. The van der Waals surface area contributed by atoms with Crippen LogP contribution in [0.15, 0.2) is 0 Å². The third kappa shape index (κ3) is 6.31. The molecule has 3 unspecified atom stereocenters. The van der Waals surface area contributed by atoms with E-state index in [9.17, 15) is 4.79 Å². The molecule has 2 aliphatic heterocycles. The molecule has 0 spiro atoms. The quantitative estimate of drug-likeness (QED) is 0.804. The van der Waals surface area contributed by atoms with Gasteiger partial charge in [-0.2, -0.15) is 0 Å². The number of nitrogens with zero attached hydrogens (tertiary/aromatic N) is 1. The Hall–Kier alpha value is -0.0300. The van der Waals surface area contributed by atoms with E-state index in [2.05, 4.69) is 36.3 Å². The number of carbonyl (C=O) groups is 1. The van der Waals surface area contributed by atoms with Crippen LogP contribution in [0.25, 0.3) is 0 Å². The number of carbonyl (C=O) groups excluding carboxylic acids is 1. The summed E-state index contributed by atoms with van der Waals surface area (Å²) in [5.41, 5.74) is 0. The van der Waals surface area contributed by atoms with Gasteiger partial charge in [0.15, 0.2) is 0 Å². The normalized spacial score (nSPS) is 25.8. The lowest BCUT2D eigenvalue weighted by atomic mass is 9.88. The van der Waals surface area contributed by atoms with Crippen molar-refractivity contribution in [2.45, 2.75) is 39.7 Å². The zero-order valence-corrected chi connectivity index (χ0v) is 15.1. The van der Waals surface area contributed by atoms with Gasteiger partial charge in [-0.3, -0.25) is 4.79 Å². The number of piperidine rings is 1. The van der Waals surface area contributed by atoms with Gasteiger partial charge in [-0.15, -0.1) is 24.8 Å². The summed E-state index contributed by atoms with van der Waals surface area (Å²) in [7, 11) is 0. The lowest BCUT2D eigenvalue weighted by Gasteiger charge is -2.35. The highest BCUT2D eigenvalue weighted by atomic mass is 35.5. The molecule has 2 aliphatic rings. The third-order valence-electron chi connectivity index (χ3n) is 4.60. The van der Waals surface area contributed by atoms with Crippen LogP contribution in [0.4, 0.5) is 0 Å². The Morgan fingerprint density at radius 3 is 2.52 bits per heavy atom. The molecule has 4 nitrogen and oxygen atoms in total. The largest absolute Gasteiger partial charge is 0.352 e. The molecule has 2 saturated heterocycles. The van der Waals surface area contributed by atoms with E-state index in [4.69, 9.17) is 0 Å². The average molecular weight is 340 g/mol. The van der Waals surface area contributed by atoms with Crippen molar-refractivity contribution in [1.82, 2.24) is 15.5 Å². The summed E-state index contributed by atoms with van der Waals surface area (Å²) >= 11 is 0. The van der Waals surface area contributed by atoms with E-state index in [1.807, 2.05) is 0 Å². The molecule has 2 fully saturated rings. The first-order chi connectivity index (χ1) is 9.06. The van der Waals surface area contributed by atoms with Gasteiger partial charge in [-0.25, -0.2) is 0 Å². The summed E-state index contributed by atoms with van der Waals surface area (Å²) in [5, 5.41) is 6.42. The zero-order chi connectivity index (χ0) is 13.8. The van der Waals surface area contributed by atoms with Crippen LogP contribution in [0.1, 0.15) is 33.6 Å². The summed E-state index contributed by atoms with van der Waals surface area (Å²) < 4.78 is 0. The molecule has 0 radical (unpaired) electrons. The first kappa shape index (κ1) is 21.0. The topological polar surface area (TPSA) is 44.4 Å². The lowest BCUT2D eigenvalue weighted by molar-refractivity contribution is -0.127. The zero-order valence-electron chi connectivity index (χ0n) is 13.4. The monoisotopic (exact) mass is 339 g/mol. The van der Waals surface area contributed by atoms with E-state index in [0.29, 0.717) is 5.92 Å². The molecular weight excluding hydrogens is 309 g/mol. The number of likely N-dealkylation sites (tertiary alicyclic amines) is 1. The minimum Gasteiger partial charge on any atom is -0.352 e. The maximum atomic E-state index is 12.1. The predicted octanol–water partition coefficient (Wildman–Crippen LogP) is 1.92. The molecule has 0 bridgehead atoms. The van der Waals surface area contributed by atoms with Gasteiger partial charge < -0.3 is 15.5 Å². The van der Waals surface area contributed by atoms with Crippen molar-refractivity contribution < 1.29 is 4.79 Å². The van der Waals surface area contributed by atoms with Gasteiger partial charge in [0.2, 0.25) is 5.91 Å². The summed E-state index contributed by atoms with van der Waals surface area (Å²) in [4.78, 5) is 14.6.